The van der Waals surface area contributed by atoms with Gasteiger partial charge in [-0.2, -0.15) is 0 Å². The molecule has 0 amide bonds. The Bertz CT molecular complexity index is 881. The summed E-state index contributed by atoms with van der Waals surface area (Å²) in [6.07, 6.45) is 3.29. The summed E-state index contributed by atoms with van der Waals surface area (Å²) in [7, 11) is 0. The largest absolute Gasteiger partial charge is 0.441 e. The summed E-state index contributed by atoms with van der Waals surface area (Å²) in [5.74, 6) is 1.55. The summed E-state index contributed by atoms with van der Waals surface area (Å²) in [5.41, 5.74) is 2.69. The lowest BCUT2D eigenvalue weighted by Crippen LogP contribution is -1.98. The van der Waals surface area contributed by atoms with E-state index < -0.39 is 0 Å². The summed E-state index contributed by atoms with van der Waals surface area (Å²) in [4.78, 5) is 13.4. The minimum atomic E-state index is 0.701. The van der Waals surface area contributed by atoms with Crippen LogP contribution in [0.5, 0.6) is 0 Å². The Hall–Kier alpha value is -2.75. The van der Waals surface area contributed by atoms with E-state index in [1.165, 1.54) is 0 Å². The van der Waals surface area contributed by atoms with Gasteiger partial charge >= 0.3 is 0 Å². The van der Waals surface area contributed by atoms with Crippen molar-refractivity contribution >= 4 is 22.0 Å². The summed E-state index contributed by atoms with van der Waals surface area (Å²) in [6, 6.07) is 15.8. The first-order valence-electron chi connectivity index (χ1n) is 6.93. The maximum absolute atomic E-state index is 5.71. The number of fused-ring (bicyclic) bond motifs is 2. The van der Waals surface area contributed by atoms with E-state index in [0.717, 1.165) is 40.1 Å². The third-order valence-electron chi connectivity index (χ3n) is 3.44. The van der Waals surface area contributed by atoms with Gasteiger partial charge in [-0.3, -0.25) is 0 Å². The number of hydrogen-bond donors (Lipinski definition) is 0. The number of para-hydroxylation sites is 3. The Morgan fingerprint density at radius 1 is 0.810 bits per heavy atom. The molecule has 0 N–H and O–H groups in total. The summed E-state index contributed by atoms with van der Waals surface area (Å²) in [6.45, 7) is 0. The van der Waals surface area contributed by atoms with Gasteiger partial charge in [0.1, 0.15) is 11.3 Å². The lowest BCUT2D eigenvalue weighted by Gasteiger charge is -2.00. The molecule has 4 aromatic rings. The first-order valence-corrected chi connectivity index (χ1v) is 6.93. The molecule has 4 nitrogen and oxygen atoms in total. The summed E-state index contributed by atoms with van der Waals surface area (Å²) in [5, 5.41) is 1.06. The third-order valence-corrected chi connectivity index (χ3v) is 3.44. The van der Waals surface area contributed by atoms with Gasteiger partial charge in [-0.15, -0.1) is 0 Å². The Kier molecular flexibility index (Phi) is 2.85. The van der Waals surface area contributed by atoms with Crippen molar-refractivity contribution in [2.45, 2.75) is 12.8 Å². The SMILES string of the molecule is c1ccc2nc(CCc3nc4ccccc4o3)ncc2c1. The van der Waals surface area contributed by atoms with E-state index in [4.69, 9.17) is 4.42 Å². The first kappa shape index (κ1) is 12.0. The third kappa shape index (κ3) is 2.36. The summed E-state index contributed by atoms with van der Waals surface area (Å²) < 4.78 is 5.71. The van der Waals surface area contributed by atoms with Crippen LogP contribution in [-0.2, 0) is 12.8 Å². The zero-order valence-corrected chi connectivity index (χ0v) is 11.4. The van der Waals surface area contributed by atoms with Crippen molar-refractivity contribution in [2.24, 2.45) is 0 Å². The van der Waals surface area contributed by atoms with Gasteiger partial charge in [0.15, 0.2) is 11.5 Å². The molecule has 0 unspecified atom stereocenters. The second-order valence-electron chi connectivity index (χ2n) is 4.92. The average Bonchev–Trinajstić information content (AvgIpc) is 2.95. The topological polar surface area (TPSA) is 51.8 Å². The maximum atomic E-state index is 5.71. The van der Waals surface area contributed by atoms with Crippen LogP contribution >= 0.6 is 0 Å². The number of aromatic nitrogens is 3. The Morgan fingerprint density at radius 3 is 2.52 bits per heavy atom. The predicted octanol–water partition coefficient (Wildman–Crippen LogP) is 3.56. The molecule has 4 rings (SSSR count). The van der Waals surface area contributed by atoms with E-state index in [1.54, 1.807) is 0 Å². The Morgan fingerprint density at radius 2 is 1.62 bits per heavy atom. The van der Waals surface area contributed by atoms with Gasteiger partial charge in [0, 0.05) is 24.4 Å². The molecule has 2 aromatic carbocycles. The molecule has 0 atom stereocenters. The fourth-order valence-electron chi connectivity index (χ4n) is 2.38. The van der Waals surface area contributed by atoms with Crippen LogP contribution in [0.2, 0.25) is 0 Å². The Labute approximate surface area is 121 Å². The normalized spacial score (nSPS) is 11.2. The molecule has 0 saturated carbocycles. The van der Waals surface area contributed by atoms with Crippen LogP contribution in [0, 0.1) is 0 Å². The molecule has 0 aliphatic heterocycles. The highest BCUT2D eigenvalue weighted by Crippen LogP contribution is 2.16. The molecular formula is C17H13N3O. The zero-order chi connectivity index (χ0) is 14.1. The fourth-order valence-corrected chi connectivity index (χ4v) is 2.38. The lowest BCUT2D eigenvalue weighted by molar-refractivity contribution is 0.525. The van der Waals surface area contributed by atoms with Crippen molar-refractivity contribution in [1.82, 2.24) is 15.0 Å². The van der Waals surface area contributed by atoms with E-state index in [0.29, 0.717) is 6.42 Å². The molecule has 0 bridgehead atoms. The molecule has 0 aliphatic rings. The van der Waals surface area contributed by atoms with E-state index in [1.807, 2.05) is 54.7 Å². The average molecular weight is 275 g/mol. The fraction of sp³-hybridized carbons (Fsp3) is 0.118. The molecule has 21 heavy (non-hydrogen) atoms. The molecule has 0 saturated heterocycles. The molecule has 102 valence electrons. The molecule has 2 aromatic heterocycles. The van der Waals surface area contributed by atoms with Crippen LogP contribution in [0.25, 0.3) is 22.0 Å². The molecular weight excluding hydrogens is 262 g/mol. The highest BCUT2D eigenvalue weighted by molar-refractivity contribution is 5.77. The molecule has 0 spiro atoms. The van der Waals surface area contributed by atoms with Crippen LogP contribution in [0.15, 0.2) is 59.1 Å². The van der Waals surface area contributed by atoms with Crippen molar-refractivity contribution < 1.29 is 4.42 Å². The van der Waals surface area contributed by atoms with Crippen molar-refractivity contribution in [3.05, 3.63) is 66.4 Å². The van der Waals surface area contributed by atoms with Gasteiger partial charge in [-0.25, -0.2) is 15.0 Å². The predicted molar refractivity (Wildman–Crippen MR) is 81.0 cm³/mol. The van der Waals surface area contributed by atoms with Crippen molar-refractivity contribution in [1.29, 1.82) is 0 Å². The van der Waals surface area contributed by atoms with Crippen molar-refractivity contribution in [2.75, 3.05) is 0 Å². The van der Waals surface area contributed by atoms with Gasteiger partial charge in [-0.05, 0) is 18.2 Å². The van der Waals surface area contributed by atoms with E-state index in [2.05, 4.69) is 15.0 Å². The number of benzene rings is 2. The number of rotatable bonds is 3. The number of nitrogens with zero attached hydrogens (tertiary/aromatic N) is 3. The van der Waals surface area contributed by atoms with E-state index in [-0.39, 0.29) is 0 Å². The number of hydrogen-bond acceptors (Lipinski definition) is 4. The smallest absolute Gasteiger partial charge is 0.195 e. The van der Waals surface area contributed by atoms with Crippen LogP contribution in [0.3, 0.4) is 0 Å². The van der Waals surface area contributed by atoms with Gasteiger partial charge in [-0.1, -0.05) is 30.3 Å². The number of aryl methyl sites for hydroxylation is 2. The van der Waals surface area contributed by atoms with Crippen LogP contribution in [-0.4, -0.2) is 15.0 Å². The zero-order valence-electron chi connectivity index (χ0n) is 11.4. The molecule has 0 aliphatic carbocycles. The van der Waals surface area contributed by atoms with Crippen LogP contribution < -0.4 is 0 Å². The van der Waals surface area contributed by atoms with Crippen molar-refractivity contribution in [3.8, 4) is 0 Å². The second-order valence-corrected chi connectivity index (χ2v) is 4.92. The maximum Gasteiger partial charge on any atom is 0.195 e. The van der Waals surface area contributed by atoms with Gasteiger partial charge in [0.2, 0.25) is 0 Å². The molecule has 4 heteroatoms. The van der Waals surface area contributed by atoms with E-state index >= 15 is 0 Å². The Balaban J connectivity index is 1.57. The minimum Gasteiger partial charge on any atom is -0.441 e. The molecule has 2 heterocycles. The second kappa shape index (κ2) is 4.98. The highest BCUT2D eigenvalue weighted by Gasteiger charge is 2.07. The minimum absolute atomic E-state index is 0.701. The first-order chi connectivity index (χ1) is 10.4. The summed E-state index contributed by atoms with van der Waals surface area (Å²) >= 11 is 0. The highest BCUT2D eigenvalue weighted by atomic mass is 16.3. The van der Waals surface area contributed by atoms with Gasteiger partial charge < -0.3 is 4.42 Å². The van der Waals surface area contributed by atoms with Gasteiger partial charge in [0.05, 0.1) is 5.52 Å². The number of oxazole rings is 1. The van der Waals surface area contributed by atoms with Crippen LogP contribution in [0.4, 0.5) is 0 Å². The quantitative estimate of drug-likeness (QED) is 0.573. The van der Waals surface area contributed by atoms with Crippen molar-refractivity contribution in [3.63, 3.8) is 0 Å². The monoisotopic (exact) mass is 275 g/mol. The van der Waals surface area contributed by atoms with Crippen LogP contribution in [0.1, 0.15) is 11.7 Å². The lowest BCUT2D eigenvalue weighted by atomic mass is 10.2. The standard InChI is InChI=1S/C17H13N3O/c1-2-6-13-12(5-1)11-18-16(19-13)9-10-17-20-14-7-3-4-8-15(14)21-17/h1-8,11H,9-10H2. The molecule has 0 radical (unpaired) electrons. The van der Waals surface area contributed by atoms with Gasteiger partial charge in [0.25, 0.3) is 0 Å². The molecule has 0 fully saturated rings. The van der Waals surface area contributed by atoms with E-state index in [9.17, 15) is 0 Å².